The molecule has 102 valence electrons. The van der Waals surface area contributed by atoms with Gasteiger partial charge in [0.15, 0.2) is 0 Å². The zero-order valence-corrected chi connectivity index (χ0v) is 11.2. The monoisotopic (exact) mass is 244 g/mol. The summed E-state index contributed by atoms with van der Waals surface area (Å²) in [6, 6.07) is 0. The summed E-state index contributed by atoms with van der Waals surface area (Å²) in [6.45, 7) is 3.61. The maximum absolute atomic E-state index is 10.2. The Bertz CT molecular complexity index is 169. The van der Waals surface area contributed by atoms with Crippen molar-refractivity contribution in [2.75, 3.05) is 13.2 Å². The van der Waals surface area contributed by atoms with Gasteiger partial charge in [-0.3, -0.25) is 4.79 Å². The summed E-state index contributed by atoms with van der Waals surface area (Å²) in [7, 11) is 0. The van der Waals surface area contributed by atoms with Crippen molar-refractivity contribution in [2.45, 2.75) is 71.1 Å². The van der Waals surface area contributed by atoms with Crippen molar-refractivity contribution in [1.82, 2.24) is 0 Å². The molecule has 3 heteroatoms. The number of rotatable bonds is 13. The Balaban J connectivity index is 2.91. The summed E-state index contributed by atoms with van der Waals surface area (Å²) in [4.78, 5) is 10.2. The van der Waals surface area contributed by atoms with Crippen LogP contribution in [-0.4, -0.2) is 24.3 Å². The first-order valence-electron chi connectivity index (χ1n) is 7.07. The smallest absolute Gasteiger partial charge is 0.303 e. The van der Waals surface area contributed by atoms with Gasteiger partial charge in [-0.05, 0) is 12.8 Å². The molecule has 0 aliphatic rings. The molecule has 0 atom stereocenters. The number of hydrogen-bond donors (Lipinski definition) is 1. The summed E-state index contributed by atoms with van der Waals surface area (Å²) in [5.41, 5.74) is 0. The summed E-state index contributed by atoms with van der Waals surface area (Å²) < 4.78 is 5.37. The van der Waals surface area contributed by atoms with Crippen LogP contribution in [0.25, 0.3) is 0 Å². The predicted octanol–water partition coefficient (Wildman–Crippen LogP) is 4.01. The highest BCUT2D eigenvalue weighted by Crippen LogP contribution is 2.08. The van der Waals surface area contributed by atoms with Crippen molar-refractivity contribution in [2.24, 2.45) is 0 Å². The number of unbranched alkanes of at least 4 members (excludes halogenated alkanes) is 7. The van der Waals surface area contributed by atoms with Crippen LogP contribution in [0.2, 0.25) is 0 Å². The van der Waals surface area contributed by atoms with Gasteiger partial charge in [0, 0.05) is 19.6 Å². The van der Waals surface area contributed by atoms with Gasteiger partial charge < -0.3 is 9.84 Å². The van der Waals surface area contributed by atoms with E-state index >= 15 is 0 Å². The van der Waals surface area contributed by atoms with Gasteiger partial charge in [-0.2, -0.15) is 0 Å². The summed E-state index contributed by atoms with van der Waals surface area (Å²) >= 11 is 0. The quantitative estimate of drug-likeness (QED) is 0.498. The molecule has 0 rings (SSSR count). The Labute approximate surface area is 106 Å². The minimum Gasteiger partial charge on any atom is -0.481 e. The Morgan fingerprint density at radius 1 is 0.882 bits per heavy atom. The Morgan fingerprint density at radius 3 is 2.00 bits per heavy atom. The lowest BCUT2D eigenvalue weighted by Gasteiger charge is -2.03. The summed E-state index contributed by atoms with van der Waals surface area (Å²) in [5, 5.41) is 8.42. The van der Waals surface area contributed by atoms with E-state index in [4.69, 9.17) is 9.84 Å². The van der Waals surface area contributed by atoms with Gasteiger partial charge in [-0.15, -0.1) is 0 Å². The van der Waals surface area contributed by atoms with E-state index < -0.39 is 5.97 Å². The third-order valence-corrected chi connectivity index (χ3v) is 2.82. The molecule has 0 unspecified atom stereocenters. The standard InChI is InChI=1S/C14H28O3/c1-2-3-4-5-6-7-8-9-12-17-13-10-11-14(15)16/h2-13H2,1H3,(H,15,16). The average Bonchev–Trinajstić information content (AvgIpc) is 2.30. The molecule has 0 saturated heterocycles. The highest BCUT2D eigenvalue weighted by molar-refractivity contribution is 5.66. The molecule has 0 aliphatic heterocycles. The first kappa shape index (κ1) is 16.4. The first-order valence-corrected chi connectivity index (χ1v) is 7.07. The van der Waals surface area contributed by atoms with Crippen LogP contribution in [0.15, 0.2) is 0 Å². The van der Waals surface area contributed by atoms with Crippen LogP contribution in [0.3, 0.4) is 0 Å². The number of ether oxygens (including phenoxy) is 1. The van der Waals surface area contributed by atoms with Crippen LogP contribution in [0.4, 0.5) is 0 Å². The van der Waals surface area contributed by atoms with Crippen molar-refractivity contribution >= 4 is 5.97 Å². The second-order valence-corrected chi connectivity index (χ2v) is 4.58. The predicted molar refractivity (Wildman–Crippen MR) is 70.3 cm³/mol. The minimum atomic E-state index is -0.735. The SMILES string of the molecule is CCCCCCCCCCOCCCC(=O)O. The fraction of sp³-hybridized carbons (Fsp3) is 0.929. The number of carboxylic acids is 1. The van der Waals surface area contributed by atoms with Gasteiger partial charge in [-0.25, -0.2) is 0 Å². The molecule has 0 spiro atoms. The van der Waals surface area contributed by atoms with E-state index in [0.29, 0.717) is 13.0 Å². The minimum absolute atomic E-state index is 0.220. The lowest BCUT2D eigenvalue weighted by atomic mass is 10.1. The maximum Gasteiger partial charge on any atom is 0.303 e. The fourth-order valence-electron chi connectivity index (χ4n) is 1.77. The molecule has 0 saturated carbocycles. The number of hydrogen-bond acceptors (Lipinski definition) is 2. The van der Waals surface area contributed by atoms with Crippen molar-refractivity contribution in [1.29, 1.82) is 0 Å². The van der Waals surface area contributed by atoms with E-state index in [-0.39, 0.29) is 6.42 Å². The summed E-state index contributed by atoms with van der Waals surface area (Å²) in [6.07, 6.45) is 11.3. The zero-order chi connectivity index (χ0) is 12.8. The molecule has 0 aliphatic carbocycles. The van der Waals surface area contributed by atoms with Crippen molar-refractivity contribution in [3.8, 4) is 0 Å². The van der Waals surface area contributed by atoms with E-state index in [0.717, 1.165) is 13.0 Å². The van der Waals surface area contributed by atoms with Crippen molar-refractivity contribution in [3.63, 3.8) is 0 Å². The van der Waals surface area contributed by atoms with Crippen molar-refractivity contribution in [3.05, 3.63) is 0 Å². The van der Waals surface area contributed by atoms with Crippen LogP contribution in [-0.2, 0) is 9.53 Å². The Morgan fingerprint density at radius 2 is 1.41 bits per heavy atom. The molecular weight excluding hydrogens is 216 g/mol. The van der Waals surface area contributed by atoms with E-state index in [1.165, 1.54) is 44.9 Å². The van der Waals surface area contributed by atoms with E-state index in [2.05, 4.69) is 6.92 Å². The number of aliphatic carboxylic acids is 1. The second-order valence-electron chi connectivity index (χ2n) is 4.58. The summed E-state index contributed by atoms with van der Waals surface area (Å²) in [5.74, 6) is -0.735. The normalized spacial score (nSPS) is 10.6. The molecule has 0 aromatic carbocycles. The molecule has 0 aromatic rings. The topological polar surface area (TPSA) is 46.5 Å². The molecule has 0 radical (unpaired) electrons. The Hall–Kier alpha value is -0.570. The molecule has 1 N–H and O–H groups in total. The number of carbonyl (C=O) groups is 1. The van der Waals surface area contributed by atoms with Crippen LogP contribution < -0.4 is 0 Å². The van der Waals surface area contributed by atoms with Crippen LogP contribution in [0.5, 0.6) is 0 Å². The van der Waals surface area contributed by atoms with E-state index in [1.807, 2.05) is 0 Å². The Kier molecular flexibility index (Phi) is 13.0. The van der Waals surface area contributed by atoms with E-state index in [9.17, 15) is 4.79 Å². The molecule has 0 heterocycles. The highest BCUT2D eigenvalue weighted by atomic mass is 16.5. The molecule has 17 heavy (non-hydrogen) atoms. The molecule has 0 amide bonds. The molecule has 0 aromatic heterocycles. The van der Waals surface area contributed by atoms with E-state index in [1.54, 1.807) is 0 Å². The zero-order valence-electron chi connectivity index (χ0n) is 11.2. The molecular formula is C14H28O3. The van der Waals surface area contributed by atoms with Gasteiger partial charge >= 0.3 is 5.97 Å². The third-order valence-electron chi connectivity index (χ3n) is 2.82. The number of carboxylic acid groups (broad SMARTS) is 1. The fourth-order valence-corrected chi connectivity index (χ4v) is 1.77. The maximum atomic E-state index is 10.2. The van der Waals surface area contributed by atoms with Crippen LogP contribution >= 0.6 is 0 Å². The van der Waals surface area contributed by atoms with Gasteiger partial charge in [0.05, 0.1) is 0 Å². The van der Waals surface area contributed by atoms with Gasteiger partial charge in [0.2, 0.25) is 0 Å². The average molecular weight is 244 g/mol. The second kappa shape index (κ2) is 13.5. The lowest BCUT2D eigenvalue weighted by Crippen LogP contribution is -2.01. The molecule has 3 nitrogen and oxygen atoms in total. The lowest BCUT2D eigenvalue weighted by molar-refractivity contribution is -0.137. The van der Waals surface area contributed by atoms with Gasteiger partial charge in [0.25, 0.3) is 0 Å². The molecule has 0 fully saturated rings. The van der Waals surface area contributed by atoms with Gasteiger partial charge in [-0.1, -0.05) is 51.9 Å². The first-order chi connectivity index (χ1) is 8.27. The largest absolute Gasteiger partial charge is 0.481 e. The van der Waals surface area contributed by atoms with Crippen LogP contribution in [0, 0.1) is 0 Å². The highest BCUT2D eigenvalue weighted by Gasteiger charge is 1.96. The van der Waals surface area contributed by atoms with Crippen LogP contribution in [0.1, 0.15) is 71.1 Å². The van der Waals surface area contributed by atoms with Crippen molar-refractivity contribution < 1.29 is 14.6 Å². The molecule has 0 bridgehead atoms. The third kappa shape index (κ3) is 15.4. The van der Waals surface area contributed by atoms with Gasteiger partial charge in [0.1, 0.15) is 0 Å².